The van der Waals surface area contributed by atoms with Crippen LogP contribution in [0.4, 0.5) is 0 Å². The number of amides is 1. The van der Waals surface area contributed by atoms with Crippen molar-refractivity contribution in [3.8, 4) is 5.88 Å². The lowest BCUT2D eigenvalue weighted by Crippen LogP contribution is -2.24. The molecule has 3 aromatic rings. The van der Waals surface area contributed by atoms with Crippen molar-refractivity contribution in [1.29, 1.82) is 0 Å². The molecule has 2 N–H and O–H groups in total. The highest BCUT2D eigenvalue weighted by atomic mass is 32.2. The Labute approximate surface area is 169 Å². The SMILES string of the molecule is CNS(=O)(=O)c1cccc(C(=O)NCc2ccnc(OCc3ccccc3)c2)c1. The van der Waals surface area contributed by atoms with E-state index >= 15 is 0 Å². The molecule has 7 nitrogen and oxygen atoms in total. The third-order valence-corrected chi connectivity index (χ3v) is 5.57. The van der Waals surface area contributed by atoms with Crippen molar-refractivity contribution in [3.05, 3.63) is 89.6 Å². The summed E-state index contributed by atoms with van der Waals surface area (Å²) in [6, 6.07) is 19.1. The van der Waals surface area contributed by atoms with E-state index in [1.807, 2.05) is 30.3 Å². The lowest BCUT2D eigenvalue weighted by Gasteiger charge is -2.09. The Kier molecular flexibility index (Phi) is 6.58. The third kappa shape index (κ3) is 5.63. The maximum atomic E-state index is 12.4. The summed E-state index contributed by atoms with van der Waals surface area (Å²) in [6.45, 7) is 0.655. The Hall–Kier alpha value is -3.23. The van der Waals surface area contributed by atoms with Gasteiger partial charge in [0.2, 0.25) is 15.9 Å². The summed E-state index contributed by atoms with van der Waals surface area (Å²) in [6.07, 6.45) is 1.61. The Bertz CT molecular complexity index is 1090. The van der Waals surface area contributed by atoms with Crippen LogP contribution in [0.1, 0.15) is 21.5 Å². The van der Waals surface area contributed by atoms with Crippen LogP contribution in [0.3, 0.4) is 0 Å². The van der Waals surface area contributed by atoms with Crippen LogP contribution in [0.2, 0.25) is 0 Å². The van der Waals surface area contributed by atoms with Crippen molar-refractivity contribution < 1.29 is 17.9 Å². The number of benzene rings is 2. The zero-order valence-corrected chi connectivity index (χ0v) is 16.6. The second kappa shape index (κ2) is 9.31. The van der Waals surface area contributed by atoms with Gasteiger partial charge in [-0.25, -0.2) is 18.1 Å². The van der Waals surface area contributed by atoms with Gasteiger partial charge >= 0.3 is 0 Å². The van der Waals surface area contributed by atoms with Crippen LogP contribution in [0.5, 0.6) is 5.88 Å². The maximum absolute atomic E-state index is 12.4. The minimum Gasteiger partial charge on any atom is -0.473 e. The first-order chi connectivity index (χ1) is 14.0. The molecule has 0 aliphatic heterocycles. The van der Waals surface area contributed by atoms with E-state index < -0.39 is 10.0 Å². The highest BCUT2D eigenvalue weighted by Crippen LogP contribution is 2.13. The van der Waals surface area contributed by atoms with Crippen LogP contribution < -0.4 is 14.8 Å². The van der Waals surface area contributed by atoms with Gasteiger partial charge in [0.15, 0.2) is 0 Å². The van der Waals surface area contributed by atoms with Crippen LogP contribution in [-0.2, 0) is 23.2 Å². The fourth-order valence-corrected chi connectivity index (χ4v) is 3.35. The highest BCUT2D eigenvalue weighted by molar-refractivity contribution is 7.89. The Balaban J connectivity index is 1.61. The first-order valence-corrected chi connectivity index (χ1v) is 10.4. The molecular formula is C21H21N3O4S. The molecule has 0 atom stereocenters. The van der Waals surface area contributed by atoms with Gasteiger partial charge in [0.1, 0.15) is 6.61 Å². The topological polar surface area (TPSA) is 97.4 Å². The smallest absolute Gasteiger partial charge is 0.251 e. The summed E-state index contributed by atoms with van der Waals surface area (Å²) < 4.78 is 31.7. The first-order valence-electron chi connectivity index (χ1n) is 8.91. The van der Waals surface area contributed by atoms with Crippen LogP contribution >= 0.6 is 0 Å². The molecule has 0 saturated heterocycles. The maximum Gasteiger partial charge on any atom is 0.251 e. The van der Waals surface area contributed by atoms with Gasteiger partial charge in [0.25, 0.3) is 5.91 Å². The molecule has 1 heterocycles. The number of ether oxygens (including phenoxy) is 1. The van der Waals surface area contributed by atoms with Gasteiger partial charge in [0.05, 0.1) is 4.90 Å². The summed E-state index contributed by atoms with van der Waals surface area (Å²) in [5.41, 5.74) is 2.11. The fourth-order valence-electron chi connectivity index (χ4n) is 2.58. The van der Waals surface area contributed by atoms with Crippen LogP contribution in [-0.4, -0.2) is 26.4 Å². The van der Waals surface area contributed by atoms with Gasteiger partial charge in [-0.1, -0.05) is 36.4 Å². The number of carbonyl (C=O) groups is 1. The zero-order chi connectivity index (χ0) is 20.7. The van der Waals surface area contributed by atoms with Gasteiger partial charge in [-0.2, -0.15) is 0 Å². The average molecular weight is 411 g/mol. The van der Waals surface area contributed by atoms with E-state index in [0.29, 0.717) is 12.5 Å². The van der Waals surface area contributed by atoms with E-state index in [0.717, 1.165) is 11.1 Å². The summed E-state index contributed by atoms with van der Waals surface area (Å²) in [4.78, 5) is 16.6. The lowest BCUT2D eigenvalue weighted by molar-refractivity contribution is 0.0950. The standard InChI is InChI=1S/C21H21N3O4S/c1-22-29(26,27)19-9-5-8-18(13-19)21(25)24-14-17-10-11-23-20(12-17)28-15-16-6-3-2-4-7-16/h2-13,22H,14-15H2,1H3,(H,24,25). The van der Waals surface area contributed by atoms with Gasteiger partial charge in [0, 0.05) is 24.4 Å². The molecule has 0 bridgehead atoms. The molecule has 150 valence electrons. The molecular weight excluding hydrogens is 390 g/mol. The van der Waals surface area contributed by atoms with E-state index in [9.17, 15) is 13.2 Å². The third-order valence-electron chi connectivity index (χ3n) is 4.16. The minimum absolute atomic E-state index is 0.0353. The van der Waals surface area contributed by atoms with Crippen LogP contribution in [0, 0.1) is 0 Å². The number of pyridine rings is 1. The number of nitrogens with one attached hydrogen (secondary N) is 2. The van der Waals surface area contributed by atoms with Gasteiger partial charge in [-0.3, -0.25) is 4.79 Å². The molecule has 29 heavy (non-hydrogen) atoms. The second-order valence-corrected chi connectivity index (χ2v) is 8.08. The molecule has 0 spiro atoms. The molecule has 1 aromatic heterocycles. The minimum atomic E-state index is -3.61. The first kappa shape index (κ1) is 20.5. The molecule has 2 aromatic carbocycles. The van der Waals surface area contributed by atoms with Crippen molar-refractivity contribution in [1.82, 2.24) is 15.0 Å². The number of rotatable bonds is 8. The quantitative estimate of drug-likeness (QED) is 0.594. The van der Waals surface area contributed by atoms with E-state index in [4.69, 9.17) is 4.74 Å². The molecule has 0 saturated carbocycles. The number of sulfonamides is 1. The monoisotopic (exact) mass is 411 g/mol. The van der Waals surface area contributed by atoms with E-state index in [1.165, 1.54) is 25.2 Å². The number of nitrogens with zero attached hydrogens (tertiary/aromatic N) is 1. The van der Waals surface area contributed by atoms with Crippen molar-refractivity contribution in [2.24, 2.45) is 0 Å². The summed E-state index contributed by atoms with van der Waals surface area (Å²) in [5, 5.41) is 2.78. The van der Waals surface area contributed by atoms with Crippen LogP contribution in [0.15, 0.2) is 77.8 Å². The fraction of sp³-hybridized carbons (Fsp3) is 0.143. The van der Waals surface area contributed by atoms with Crippen molar-refractivity contribution in [3.63, 3.8) is 0 Å². The molecule has 8 heteroatoms. The molecule has 1 amide bonds. The van der Waals surface area contributed by atoms with Gasteiger partial charge < -0.3 is 10.1 Å². The summed E-state index contributed by atoms with van der Waals surface area (Å²) in [5.74, 6) is 0.0874. The Morgan fingerprint density at radius 3 is 2.55 bits per heavy atom. The van der Waals surface area contributed by atoms with Crippen molar-refractivity contribution in [2.45, 2.75) is 18.0 Å². The summed E-state index contributed by atoms with van der Waals surface area (Å²) in [7, 11) is -2.29. The molecule has 3 rings (SSSR count). The molecule has 0 radical (unpaired) electrons. The lowest BCUT2D eigenvalue weighted by atomic mass is 10.2. The number of carbonyl (C=O) groups excluding carboxylic acids is 1. The normalized spacial score (nSPS) is 11.1. The number of hydrogen-bond donors (Lipinski definition) is 2. The van der Waals surface area contributed by atoms with Gasteiger partial charge in [-0.15, -0.1) is 0 Å². The average Bonchev–Trinajstić information content (AvgIpc) is 2.77. The molecule has 0 fully saturated rings. The molecule has 0 aliphatic rings. The molecule has 0 aliphatic carbocycles. The van der Waals surface area contributed by atoms with Gasteiger partial charge in [-0.05, 0) is 42.4 Å². The Morgan fingerprint density at radius 2 is 1.79 bits per heavy atom. The van der Waals surface area contributed by atoms with E-state index in [2.05, 4.69) is 15.0 Å². The van der Waals surface area contributed by atoms with Crippen molar-refractivity contribution >= 4 is 15.9 Å². The zero-order valence-electron chi connectivity index (χ0n) is 15.8. The number of aromatic nitrogens is 1. The van der Waals surface area contributed by atoms with Crippen molar-refractivity contribution in [2.75, 3.05) is 7.05 Å². The van der Waals surface area contributed by atoms with E-state index in [1.54, 1.807) is 24.4 Å². The number of hydrogen-bond acceptors (Lipinski definition) is 5. The largest absolute Gasteiger partial charge is 0.473 e. The predicted octanol–water partition coefficient (Wildman–Crippen LogP) is 2.50. The van der Waals surface area contributed by atoms with E-state index in [-0.39, 0.29) is 22.9 Å². The predicted molar refractivity (Wildman–Crippen MR) is 109 cm³/mol. The summed E-state index contributed by atoms with van der Waals surface area (Å²) >= 11 is 0. The Morgan fingerprint density at radius 1 is 1.00 bits per heavy atom. The highest BCUT2D eigenvalue weighted by Gasteiger charge is 2.14. The molecule has 0 unspecified atom stereocenters. The second-order valence-electron chi connectivity index (χ2n) is 6.19. The van der Waals surface area contributed by atoms with Crippen LogP contribution in [0.25, 0.3) is 0 Å².